The zero-order valence-corrected chi connectivity index (χ0v) is 15.1. The van der Waals surface area contributed by atoms with E-state index in [4.69, 9.17) is 4.42 Å². The number of rotatable bonds is 7. The van der Waals surface area contributed by atoms with Crippen LogP contribution < -0.4 is 0 Å². The lowest BCUT2D eigenvalue weighted by Crippen LogP contribution is -2.31. The minimum atomic E-state index is -3.49. The van der Waals surface area contributed by atoms with E-state index in [0.717, 1.165) is 10.4 Å². The van der Waals surface area contributed by atoms with Crippen molar-refractivity contribution in [1.82, 2.24) is 4.31 Å². The molecule has 3 aromatic rings. The number of hydrogen-bond acceptors (Lipinski definition) is 5. The van der Waals surface area contributed by atoms with Gasteiger partial charge in [0.2, 0.25) is 0 Å². The summed E-state index contributed by atoms with van der Waals surface area (Å²) in [6.45, 7) is 2.68. The fourth-order valence-corrected chi connectivity index (χ4v) is 5.80. The topological polar surface area (TPSA) is 50.5 Å². The first-order valence-electron chi connectivity index (χ1n) is 7.16. The molecule has 122 valence electrons. The van der Waals surface area contributed by atoms with Crippen molar-refractivity contribution >= 4 is 32.7 Å². The molecule has 0 N–H and O–H groups in total. The predicted octanol–water partition coefficient (Wildman–Crippen LogP) is 4.14. The van der Waals surface area contributed by atoms with Crippen LogP contribution in [0, 0.1) is 6.92 Å². The quantitative estimate of drug-likeness (QED) is 0.630. The minimum Gasteiger partial charge on any atom is -0.472 e. The Balaban J connectivity index is 1.84. The van der Waals surface area contributed by atoms with Gasteiger partial charge in [0.15, 0.2) is 0 Å². The third kappa shape index (κ3) is 3.92. The van der Waals surface area contributed by atoms with Gasteiger partial charge in [0.05, 0.1) is 12.5 Å². The molecule has 3 aromatic heterocycles. The van der Waals surface area contributed by atoms with E-state index in [1.165, 1.54) is 20.5 Å². The summed E-state index contributed by atoms with van der Waals surface area (Å²) in [6, 6.07) is 9.34. The van der Waals surface area contributed by atoms with Crippen LogP contribution in [-0.4, -0.2) is 19.3 Å². The van der Waals surface area contributed by atoms with E-state index in [2.05, 4.69) is 0 Å². The molecule has 0 atom stereocenters. The van der Waals surface area contributed by atoms with E-state index >= 15 is 0 Å². The van der Waals surface area contributed by atoms with E-state index in [0.29, 0.717) is 23.7 Å². The second-order valence-corrected chi connectivity index (χ2v) is 9.65. The first-order valence-corrected chi connectivity index (χ1v) is 10.3. The number of furan rings is 1. The molecule has 0 bridgehead atoms. The van der Waals surface area contributed by atoms with Gasteiger partial charge in [-0.2, -0.15) is 4.31 Å². The highest BCUT2D eigenvalue weighted by molar-refractivity contribution is 7.91. The van der Waals surface area contributed by atoms with E-state index < -0.39 is 10.0 Å². The highest BCUT2D eigenvalue weighted by atomic mass is 32.2. The molecule has 0 saturated heterocycles. The van der Waals surface area contributed by atoms with Crippen LogP contribution in [0.25, 0.3) is 0 Å². The molecule has 0 aromatic carbocycles. The van der Waals surface area contributed by atoms with Gasteiger partial charge in [-0.05, 0) is 43.0 Å². The summed E-state index contributed by atoms with van der Waals surface area (Å²) in [5, 5.41) is 2.01. The van der Waals surface area contributed by atoms with Crippen molar-refractivity contribution in [3.05, 3.63) is 63.6 Å². The third-order valence-electron chi connectivity index (χ3n) is 3.44. The number of nitrogens with zero attached hydrogens (tertiary/aromatic N) is 1. The van der Waals surface area contributed by atoms with Crippen LogP contribution in [0.2, 0.25) is 0 Å². The fraction of sp³-hybridized carbons (Fsp3) is 0.250. The average molecular weight is 368 g/mol. The Labute approximate surface area is 144 Å². The molecule has 0 aliphatic heterocycles. The highest BCUT2D eigenvalue weighted by Crippen LogP contribution is 2.26. The molecule has 0 aliphatic rings. The summed E-state index contributed by atoms with van der Waals surface area (Å²) in [7, 11) is -3.49. The Morgan fingerprint density at radius 2 is 2.09 bits per heavy atom. The van der Waals surface area contributed by atoms with Crippen molar-refractivity contribution in [1.29, 1.82) is 0 Å². The summed E-state index contributed by atoms with van der Waals surface area (Å²) in [6.07, 6.45) is 3.86. The average Bonchev–Trinajstić information content (AvgIpc) is 3.25. The summed E-state index contributed by atoms with van der Waals surface area (Å²) in [4.78, 5) is 2.17. The number of sulfonamides is 1. The molecule has 0 spiro atoms. The Morgan fingerprint density at radius 3 is 2.70 bits per heavy atom. The van der Waals surface area contributed by atoms with E-state index in [-0.39, 0.29) is 0 Å². The van der Waals surface area contributed by atoms with Crippen molar-refractivity contribution < 1.29 is 12.8 Å². The van der Waals surface area contributed by atoms with Crippen molar-refractivity contribution in [2.24, 2.45) is 0 Å². The number of thiophene rings is 2. The molecule has 0 fully saturated rings. The lowest BCUT2D eigenvalue weighted by Gasteiger charge is -2.20. The second kappa shape index (κ2) is 7.00. The van der Waals surface area contributed by atoms with Gasteiger partial charge in [-0.25, -0.2) is 8.42 Å². The van der Waals surface area contributed by atoms with Gasteiger partial charge in [-0.15, -0.1) is 22.7 Å². The van der Waals surface area contributed by atoms with Crippen molar-refractivity contribution in [2.75, 3.05) is 6.54 Å². The van der Waals surface area contributed by atoms with Crippen LogP contribution >= 0.6 is 22.7 Å². The lowest BCUT2D eigenvalue weighted by atomic mass is 10.3. The zero-order valence-electron chi connectivity index (χ0n) is 12.6. The maximum atomic E-state index is 12.9. The van der Waals surface area contributed by atoms with Crippen molar-refractivity contribution in [2.45, 2.75) is 24.1 Å². The van der Waals surface area contributed by atoms with Crippen molar-refractivity contribution in [3.8, 4) is 0 Å². The standard InChI is InChI=1S/C16H17NO3S3/c1-13-4-5-16(22-13)23(18,19)17(11-14-7-9-20-12-14)8-6-15-3-2-10-21-15/h2-5,7,9-10,12H,6,8,11H2,1H3. The SMILES string of the molecule is Cc1ccc(S(=O)(=O)N(CCc2cccs2)Cc2ccoc2)s1. The minimum absolute atomic E-state index is 0.321. The van der Waals surface area contributed by atoms with Gasteiger partial charge in [0.25, 0.3) is 10.0 Å². The van der Waals surface area contributed by atoms with Gasteiger partial charge in [-0.1, -0.05) is 6.07 Å². The first kappa shape index (κ1) is 16.4. The highest BCUT2D eigenvalue weighted by Gasteiger charge is 2.26. The molecule has 0 unspecified atom stereocenters. The molecule has 23 heavy (non-hydrogen) atoms. The van der Waals surface area contributed by atoms with Crippen LogP contribution in [0.1, 0.15) is 15.3 Å². The van der Waals surface area contributed by atoms with Crippen LogP contribution in [0.3, 0.4) is 0 Å². The van der Waals surface area contributed by atoms with Gasteiger partial charge in [0, 0.05) is 28.4 Å². The number of aryl methyl sites for hydroxylation is 1. The normalized spacial score (nSPS) is 12.1. The van der Waals surface area contributed by atoms with Gasteiger partial charge in [-0.3, -0.25) is 0 Å². The van der Waals surface area contributed by atoms with Gasteiger partial charge in [0.1, 0.15) is 4.21 Å². The number of hydrogen-bond donors (Lipinski definition) is 0. The Bertz CT molecular complexity index is 833. The molecule has 4 nitrogen and oxygen atoms in total. The summed E-state index contributed by atoms with van der Waals surface area (Å²) in [5.74, 6) is 0. The predicted molar refractivity (Wildman–Crippen MR) is 93.4 cm³/mol. The van der Waals surface area contributed by atoms with Crippen LogP contribution in [0.4, 0.5) is 0 Å². The summed E-state index contributed by atoms with van der Waals surface area (Å²) in [5.41, 5.74) is 0.855. The Kier molecular flexibility index (Phi) is 5.01. The van der Waals surface area contributed by atoms with Crippen LogP contribution in [0.5, 0.6) is 0 Å². The maximum Gasteiger partial charge on any atom is 0.252 e. The van der Waals surface area contributed by atoms with Crippen LogP contribution in [0.15, 0.2) is 56.9 Å². The van der Waals surface area contributed by atoms with Gasteiger partial charge < -0.3 is 4.42 Å². The Hall–Kier alpha value is -1.41. The molecule has 0 aliphatic carbocycles. The molecule has 3 heterocycles. The van der Waals surface area contributed by atoms with Crippen molar-refractivity contribution in [3.63, 3.8) is 0 Å². The fourth-order valence-electron chi connectivity index (χ4n) is 2.24. The zero-order chi connectivity index (χ0) is 16.3. The second-order valence-electron chi connectivity index (χ2n) is 5.16. The van der Waals surface area contributed by atoms with E-state index in [1.807, 2.05) is 30.5 Å². The molecule has 3 rings (SSSR count). The lowest BCUT2D eigenvalue weighted by molar-refractivity contribution is 0.409. The smallest absolute Gasteiger partial charge is 0.252 e. The molecule has 0 saturated carbocycles. The van der Waals surface area contributed by atoms with E-state index in [1.54, 1.807) is 36.0 Å². The van der Waals surface area contributed by atoms with Crippen LogP contribution in [-0.2, 0) is 23.0 Å². The maximum absolute atomic E-state index is 12.9. The largest absolute Gasteiger partial charge is 0.472 e. The first-order chi connectivity index (χ1) is 11.1. The molecule has 7 heteroatoms. The molecule has 0 amide bonds. The Morgan fingerprint density at radius 1 is 1.22 bits per heavy atom. The monoisotopic (exact) mass is 367 g/mol. The molecular formula is C16H17NO3S3. The summed E-state index contributed by atoms with van der Waals surface area (Å²) < 4.78 is 32.9. The van der Waals surface area contributed by atoms with Gasteiger partial charge >= 0.3 is 0 Å². The molecular weight excluding hydrogens is 350 g/mol. The van der Waals surface area contributed by atoms with E-state index in [9.17, 15) is 8.42 Å². The molecule has 0 radical (unpaired) electrons. The summed E-state index contributed by atoms with van der Waals surface area (Å²) >= 11 is 2.95. The third-order valence-corrected chi connectivity index (χ3v) is 7.69.